The zero-order valence-corrected chi connectivity index (χ0v) is 14.2. The number of furan rings is 1. The van der Waals surface area contributed by atoms with Gasteiger partial charge in [-0.1, -0.05) is 15.9 Å². The maximum absolute atomic E-state index is 12.4. The van der Waals surface area contributed by atoms with E-state index in [0.717, 1.165) is 47.9 Å². The maximum atomic E-state index is 12.4. The van der Waals surface area contributed by atoms with Crippen LogP contribution in [0.4, 0.5) is 0 Å². The van der Waals surface area contributed by atoms with E-state index in [1.807, 2.05) is 18.2 Å². The first-order valence-corrected chi connectivity index (χ1v) is 8.77. The van der Waals surface area contributed by atoms with E-state index in [2.05, 4.69) is 20.9 Å². The van der Waals surface area contributed by atoms with Gasteiger partial charge in [0.2, 0.25) is 5.58 Å². The second-order valence-corrected chi connectivity index (χ2v) is 7.24. The molecule has 6 heteroatoms. The molecule has 0 radical (unpaired) electrons. The van der Waals surface area contributed by atoms with Crippen molar-refractivity contribution in [3.63, 3.8) is 0 Å². The normalized spacial score (nSPS) is 22.0. The van der Waals surface area contributed by atoms with Gasteiger partial charge in [-0.2, -0.15) is 0 Å². The molecule has 2 aromatic heterocycles. The van der Waals surface area contributed by atoms with Crippen LogP contribution < -0.4 is 11.3 Å². The van der Waals surface area contributed by atoms with E-state index in [1.54, 1.807) is 0 Å². The van der Waals surface area contributed by atoms with Gasteiger partial charge in [0.15, 0.2) is 0 Å². The third kappa shape index (κ3) is 2.60. The molecule has 0 bridgehead atoms. The summed E-state index contributed by atoms with van der Waals surface area (Å²) in [4.78, 5) is 20.1. The topological polar surface area (TPSA) is 84.9 Å². The van der Waals surface area contributed by atoms with Crippen molar-refractivity contribution < 1.29 is 4.42 Å². The minimum Gasteiger partial charge on any atom is -0.449 e. The van der Waals surface area contributed by atoms with E-state index in [-0.39, 0.29) is 5.56 Å². The molecule has 0 unspecified atom stereocenters. The minimum atomic E-state index is -0.196. The lowest BCUT2D eigenvalue weighted by Crippen LogP contribution is -2.23. The Morgan fingerprint density at radius 3 is 2.83 bits per heavy atom. The molecule has 3 aromatic rings. The van der Waals surface area contributed by atoms with Crippen molar-refractivity contribution in [2.24, 2.45) is 11.7 Å². The molecule has 1 fully saturated rings. The van der Waals surface area contributed by atoms with Crippen LogP contribution in [-0.2, 0) is 0 Å². The Labute approximate surface area is 141 Å². The number of fused-ring (bicyclic) bond motifs is 3. The number of aromatic amines is 1. The van der Waals surface area contributed by atoms with Crippen molar-refractivity contribution >= 4 is 38.0 Å². The molecule has 4 rings (SSSR count). The molecular weight excluding hydrogens is 358 g/mol. The Hall–Kier alpha value is -1.66. The first-order chi connectivity index (χ1) is 11.2. The molecular formula is C17H18BrN3O2. The zero-order valence-electron chi connectivity index (χ0n) is 12.6. The second kappa shape index (κ2) is 5.76. The molecule has 0 saturated heterocycles. The van der Waals surface area contributed by atoms with Gasteiger partial charge < -0.3 is 15.1 Å². The molecule has 1 aliphatic carbocycles. The van der Waals surface area contributed by atoms with Crippen molar-refractivity contribution in [2.75, 3.05) is 6.54 Å². The van der Waals surface area contributed by atoms with E-state index >= 15 is 0 Å². The maximum Gasteiger partial charge on any atom is 0.294 e. The first kappa shape index (κ1) is 14.9. The Kier molecular flexibility index (Phi) is 3.73. The molecule has 1 aromatic carbocycles. The molecule has 1 aliphatic rings. The molecule has 5 nitrogen and oxygen atoms in total. The summed E-state index contributed by atoms with van der Waals surface area (Å²) in [5.41, 5.74) is 7.20. The van der Waals surface area contributed by atoms with E-state index < -0.39 is 0 Å². The lowest BCUT2D eigenvalue weighted by molar-refractivity contribution is 0.325. The lowest BCUT2D eigenvalue weighted by Gasteiger charge is -2.26. The number of halogens is 1. The van der Waals surface area contributed by atoms with E-state index in [4.69, 9.17) is 15.1 Å². The van der Waals surface area contributed by atoms with Crippen molar-refractivity contribution in [1.82, 2.24) is 9.97 Å². The highest BCUT2D eigenvalue weighted by atomic mass is 79.9. The van der Waals surface area contributed by atoms with Gasteiger partial charge in [-0.15, -0.1) is 0 Å². The number of H-pyrrole nitrogens is 1. The highest BCUT2D eigenvalue weighted by Crippen LogP contribution is 2.35. The van der Waals surface area contributed by atoms with Crippen molar-refractivity contribution in [3.05, 3.63) is 38.9 Å². The minimum absolute atomic E-state index is 0.196. The molecule has 0 spiro atoms. The van der Waals surface area contributed by atoms with Crippen LogP contribution in [0.2, 0.25) is 0 Å². The Balaban J connectivity index is 1.81. The van der Waals surface area contributed by atoms with Gasteiger partial charge in [0.05, 0.1) is 0 Å². The number of hydrogen-bond donors (Lipinski definition) is 2. The number of nitrogens with one attached hydrogen (secondary N) is 1. The second-order valence-electron chi connectivity index (χ2n) is 6.32. The van der Waals surface area contributed by atoms with Crippen LogP contribution in [0.15, 0.2) is 31.9 Å². The Bertz CT molecular complexity index is 923. The average Bonchev–Trinajstić information content (AvgIpc) is 2.93. The molecule has 0 atom stereocenters. The monoisotopic (exact) mass is 375 g/mol. The molecule has 120 valence electrons. The number of nitrogens with two attached hydrogens (primary N) is 1. The third-order valence-electron chi connectivity index (χ3n) is 4.87. The highest BCUT2D eigenvalue weighted by molar-refractivity contribution is 9.10. The number of benzene rings is 1. The Morgan fingerprint density at radius 2 is 2.09 bits per heavy atom. The fourth-order valence-electron chi connectivity index (χ4n) is 3.51. The summed E-state index contributed by atoms with van der Waals surface area (Å²) in [7, 11) is 0. The SMILES string of the molecule is NCC1CCC(c2nc3c(oc4ccc(Br)cc43)c(=O)[nH]2)CC1. The van der Waals surface area contributed by atoms with Crippen LogP contribution in [-0.4, -0.2) is 16.5 Å². The van der Waals surface area contributed by atoms with Crippen LogP contribution in [0, 0.1) is 5.92 Å². The van der Waals surface area contributed by atoms with E-state index in [0.29, 0.717) is 28.5 Å². The first-order valence-electron chi connectivity index (χ1n) is 7.97. The fourth-order valence-corrected chi connectivity index (χ4v) is 3.87. The molecule has 0 amide bonds. The van der Waals surface area contributed by atoms with Gasteiger partial charge in [0, 0.05) is 15.8 Å². The van der Waals surface area contributed by atoms with Crippen molar-refractivity contribution in [1.29, 1.82) is 0 Å². The summed E-state index contributed by atoms with van der Waals surface area (Å²) in [5, 5.41) is 0.873. The predicted octanol–water partition coefficient (Wildman–Crippen LogP) is 3.66. The number of rotatable bonds is 2. The molecule has 0 aliphatic heterocycles. The largest absolute Gasteiger partial charge is 0.449 e. The summed E-state index contributed by atoms with van der Waals surface area (Å²) in [6.45, 7) is 0.746. The molecule has 23 heavy (non-hydrogen) atoms. The van der Waals surface area contributed by atoms with Gasteiger partial charge >= 0.3 is 0 Å². The summed E-state index contributed by atoms with van der Waals surface area (Å²) in [5.74, 6) is 1.68. The Morgan fingerprint density at radius 1 is 1.30 bits per heavy atom. The van der Waals surface area contributed by atoms with Gasteiger partial charge in [-0.25, -0.2) is 4.98 Å². The smallest absolute Gasteiger partial charge is 0.294 e. The number of aromatic nitrogens is 2. The van der Waals surface area contributed by atoms with Gasteiger partial charge in [0.1, 0.15) is 16.9 Å². The summed E-state index contributed by atoms with van der Waals surface area (Å²) in [6.07, 6.45) is 4.24. The zero-order chi connectivity index (χ0) is 16.0. The summed E-state index contributed by atoms with van der Waals surface area (Å²) in [6, 6.07) is 5.70. The molecule has 3 N–H and O–H groups in total. The number of nitrogens with zero attached hydrogens (tertiary/aromatic N) is 1. The van der Waals surface area contributed by atoms with Gasteiger partial charge in [0.25, 0.3) is 5.56 Å². The fraction of sp³-hybridized carbons (Fsp3) is 0.412. The summed E-state index contributed by atoms with van der Waals surface area (Å²) >= 11 is 3.46. The molecule has 2 heterocycles. The lowest BCUT2D eigenvalue weighted by atomic mass is 9.81. The predicted molar refractivity (Wildman–Crippen MR) is 93.6 cm³/mol. The summed E-state index contributed by atoms with van der Waals surface area (Å²) < 4.78 is 6.62. The number of hydrogen-bond acceptors (Lipinski definition) is 4. The van der Waals surface area contributed by atoms with Crippen molar-refractivity contribution in [2.45, 2.75) is 31.6 Å². The van der Waals surface area contributed by atoms with E-state index in [9.17, 15) is 4.79 Å². The standard InChI is InChI=1S/C17H18BrN3O2/c18-11-5-6-13-12(7-11)14-15(23-13)17(22)21-16(20-14)10-3-1-9(8-19)2-4-10/h5-7,9-10H,1-4,8,19H2,(H,20,21,22). The van der Waals surface area contributed by atoms with E-state index in [1.165, 1.54) is 0 Å². The van der Waals surface area contributed by atoms with Gasteiger partial charge in [-0.05, 0) is 56.3 Å². The van der Waals surface area contributed by atoms with Crippen molar-refractivity contribution in [3.8, 4) is 0 Å². The van der Waals surface area contributed by atoms with Crippen LogP contribution in [0.25, 0.3) is 22.1 Å². The third-order valence-corrected chi connectivity index (χ3v) is 5.36. The average molecular weight is 376 g/mol. The highest BCUT2D eigenvalue weighted by Gasteiger charge is 2.24. The molecule has 1 saturated carbocycles. The van der Waals surface area contributed by atoms with Gasteiger partial charge in [-0.3, -0.25) is 4.79 Å². The van der Waals surface area contributed by atoms with Crippen LogP contribution >= 0.6 is 15.9 Å². The van der Waals surface area contributed by atoms with Crippen LogP contribution in [0.5, 0.6) is 0 Å². The quantitative estimate of drug-likeness (QED) is 0.715. The van der Waals surface area contributed by atoms with Crippen LogP contribution in [0.3, 0.4) is 0 Å². The van der Waals surface area contributed by atoms with Crippen LogP contribution in [0.1, 0.15) is 37.4 Å².